The van der Waals surface area contributed by atoms with Crippen molar-refractivity contribution >= 4 is 10.0 Å². The molecule has 1 saturated heterocycles. The number of hydrogen-bond donors (Lipinski definition) is 1. The molecular formula is C18H22N2O3S. The summed E-state index contributed by atoms with van der Waals surface area (Å²) < 4.78 is 26.7. The molecule has 1 aliphatic heterocycles. The Kier molecular flexibility index (Phi) is 5.18. The van der Waals surface area contributed by atoms with Gasteiger partial charge >= 0.3 is 0 Å². The van der Waals surface area contributed by atoms with Gasteiger partial charge in [0.15, 0.2) is 0 Å². The summed E-state index contributed by atoms with van der Waals surface area (Å²) in [6.45, 7) is 3.35. The summed E-state index contributed by atoms with van der Waals surface area (Å²) in [5.74, 6) is -0.0300. The van der Waals surface area contributed by atoms with Gasteiger partial charge in [0.05, 0.1) is 4.90 Å². The fraction of sp³-hybridized carbons (Fsp3) is 0.333. The lowest BCUT2D eigenvalue weighted by Gasteiger charge is -2.34. The lowest BCUT2D eigenvalue weighted by molar-refractivity contribution is 0.190. The molecule has 0 atom stereocenters. The van der Waals surface area contributed by atoms with Crippen LogP contribution in [0.5, 0.6) is 5.75 Å². The van der Waals surface area contributed by atoms with Gasteiger partial charge in [-0.3, -0.25) is 0 Å². The van der Waals surface area contributed by atoms with Crippen molar-refractivity contribution in [3.05, 3.63) is 60.2 Å². The average Bonchev–Trinajstić information content (AvgIpc) is 2.61. The number of phenols is 1. The van der Waals surface area contributed by atoms with Crippen LogP contribution in [0.1, 0.15) is 5.56 Å². The summed E-state index contributed by atoms with van der Waals surface area (Å²) >= 11 is 0. The van der Waals surface area contributed by atoms with Gasteiger partial charge in [0, 0.05) is 32.7 Å². The molecule has 0 spiro atoms. The number of hydrogen-bond acceptors (Lipinski definition) is 4. The van der Waals surface area contributed by atoms with Crippen molar-refractivity contribution in [2.75, 3.05) is 32.7 Å². The quantitative estimate of drug-likeness (QED) is 0.899. The van der Waals surface area contributed by atoms with Gasteiger partial charge in [-0.05, 0) is 30.2 Å². The van der Waals surface area contributed by atoms with E-state index in [1.54, 1.807) is 6.07 Å². The predicted molar refractivity (Wildman–Crippen MR) is 93.5 cm³/mol. The molecule has 0 amide bonds. The van der Waals surface area contributed by atoms with Crippen LogP contribution in [0.4, 0.5) is 0 Å². The molecule has 1 fully saturated rings. The van der Waals surface area contributed by atoms with Crippen molar-refractivity contribution in [2.24, 2.45) is 0 Å². The molecule has 0 saturated carbocycles. The maximum absolute atomic E-state index is 12.6. The SMILES string of the molecule is O=S(=O)(c1cccc(O)c1)N1CCN(CCc2ccccc2)CC1. The largest absolute Gasteiger partial charge is 0.508 e. The second-order valence-electron chi connectivity index (χ2n) is 5.98. The molecule has 2 aromatic rings. The topological polar surface area (TPSA) is 60.9 Å². The molecule has 0 bridgehead atoms. The van der Waals surface area contributed by atoms with Gasteiger partial charge in [-0.1, -0.05) is 36.4 Å². The van der Waals surface area contributed by atoms with Crippen molar-refractivity contribution in [1.82, 2.24) is 9.21 Å². The van der Waals surface area contributed by atoms with Crippen LogP contribution in [0.3, 0.4) is 0 Å². The maximum atomic E-state index is 12.6. The molecule has 0 radical (unpaired) electrons. The summed E-state index contributed by atoms with van der Waals surface area (Å²) in [4.78, 5) is 2.45. The highest BCUT2D eigenvalue weighted by molar-refractivity contribution is 7.89. The molecule has 0 aliphatic carbocycles. The Morgan fingerprint density at radius 2 is 1.62 bits per heavy atom. The zero-order chi connectivity index (χ0) is 17.0. The molecule has 2 aromatic carbocycles. The first kappa shape index (κ1) is 17.0. The summed E-state index contributed by atoms with van der Waals surface area (Å²) in [7, 11) is -3.53. The van der Waals surface area contributed by atoms with E-state index in [2.05, 4.69) is 17.0 Å². The van der Waals surface area contributed by atoms with Crippen molar-refractivity contribution in [3.63, 3.8) is 0 Å². The van der Waals surface area contributed by atoms with Gasteiger partial charge in [0.25, 0.3) is 0 Å². The lowest BCUT2D eigenvalue weighted by Crippen LogP contribution is -2.48. The van der Waals surface area contributed by atoms with Crippen LogP contribution in [0, 0.1) is 0 Å². The van der Waals surface area contributed by atoms with Gasteiger partial charge in [-0.15, -0.1) is 0 Å². The summed E-state index contributed by atoms with van der Waals surface area (Å²) in [6, 6.07) is 16.2. The Morgan fingerprint density at radius 3 is 2.29 bits per heavy atom. The minimum atomic E-state index is -3.53. The van der Waals surface area contributed by atoms with Crippen molar-refractivity contribution in [3.8, 4) is 5.75 Å². The summed E-state index contributed by atoms with van der Waals surface area (Å²) in [5.41, 5.74) is 1.30. The first-order valence-electron chi connectivity index (χ1n) is 8.11. The third-order valence-corrected chi connectivity index (χ3v) is 6.24. The number of rotatable bonds is 5. The number of phenolic OH excluding ortho intramolecular Hbond substituents is 1. The van der Waals surface area contributed by atoms with Crippen LogP contribution >= 0.6 is 0 Å². The van der Waals surface area contributed by atoms with Crippen LogP contribution in [0.25, 0.3) is 0 Å². The average molecular weight is 346 g/mol. The van der Waals surface area contributed by atoms with E-state index in [0.717, 1.165) is 26.1 Å². The van der Waals surface area contributed by atoms with E-state index < -0.39 is 10.0 Å². The number of piperazine rings is 1. The van der Waals surface area contributed by atoms with Crippen molar-refractivity contribution in [1.29, 1.82) is 0 Å². The van der Waals surface area contributed by atoms with Gasteiger partial charge in [0.1, 0.15) is 5.75 Å². The molecule has 1 aliphatic rings. The van der Waals surface area contributed by atoms with E-state index in [1.807, 2.05) is 18.2 Å². The first-order chi connectivity index (χ1) is 11.6. The fourth-order valence-electron chi connectivity index (χ4n) is 2.92. The molecular weight excluding hydrogens is 324 g/mol. The third kappa shape index (κ3) is 3.95. The summed E-state index contributed by atoms with van der Waals surface area (Å²) in [6.07, 6.45) is 0.972. The van der Waals surface area contributed by atoms with Crippen LogP contribution in [0.15, 0.2) is 59.5 Å². The molecule has 1 heterocycles. The third-order valence-electron chi connectivity index (χ3n) is 4.35. The Morgan fingerprint density at radius 1 is 0.917 bits per heavy atom. The molecule has 0 unspecified atom stereocenters. The van der Waals surface area contributed by atoms with Gasteiger partial charge < -0.3 is 10.0 Å². The Labute approximate surface area is 143 Å². The smallest absolute Gasteiger partial charge is 0.243 e. The van der Waals surface area contributed by atoms with Crippen LogP contribution in [0.2, 0.25) is 0 Å². The highest BCUT2D eigenvalue weighted by atomic mass is 32.2. The van der Waals surface area contributed by atoms with E-state index in [4.69, 9.17) is 0 Å². The number of aromatic hydroxyl groups is 1. The number of nitrogens with zero attached hydrogens (tertiary/aromatic N) is 2. The second kappa shape index (κ2) is 7.34. The van der Waals surface area contributed by atoms with E-state index >= 15 is 0 Å². The molecule has 0 aromatic heterocycles. The molecule has 24 heavy (non-hydrogen) atoms. The zero-order valence-corrected chi connectivity index (χ0v) is 14.3. The number of benzene rings is 2. The standard InChI is InChI=1S/C18H22N2O3S/c21-17-7-4-8-18(15-17)24(22,23)20-13-11-19(12-14-20)10-9-16-5-2-1-3-6-16/h1-8,15,21H,9-14H2. The minimum absolute atomic E-state index is 0.0300. The van der Waals surface area contributed by atoms with Crippen LogP contribution in [-0.2, 0) is 16.4 Å². The van der Waals surface area contributed by atoms with Crippen LogP contribution < -0.4 is 0 Å². The minimum Gasteiger partial charge on any atom is -0.508 e. The Bertz CT molecular complexity index is 770. The monoisotopic (exact) mass is 346 g/mol. The van der Waals surface area contributed by atoms with E-state index in [1.165, 1.54) is 28.1 Å². The first-order valence-corrected chi connectivity index (χ1v) is 9.55. The number of sulfonamides is 1. The van der Waals surface area contributed by atoms with E-state index in [0.29, 0.717) is 13.1 Å². The molecule has 128 valence electrons. The maximum Gasteiger partial charge on any atom is 0.243 e. The zero-order valence-electron chi connectivity index (χ0n) is 13.5. The van der Waals surface area contributed by atoms with E-state index in [9.17, 15) is 13.5 Å². The molecule has 3 rings (SSSR count). The Hall–Kier alpha value is -1.89. The van der Waals surface area contributed by atoms with Gasteiger partial charge in [-0.2, -0.15) is 4.31 Å². The fourth-order valence-corrected chi connectivity index (χ4v) is 4.38. The summed E-state index contributed by atoms with van der Waals surface area (Å²) in [5, 5.41) is 9.50. The lowest BCUT2D eigenvalue weighted by atomic mass is 10.1. The van der Waals surface area contributed by atoms with Crippen LogP contribution in [-0.4, -0.2) is 55.5 Å². The van der Waals surface area contributed by atoms with Crippen molar-refractivity contribution in [2.45, 2.75) is 11.3 Å². The molecule has 5 nitrogen and oxygen atoms in total. The van der Waals surface area contributed by atoms with E-state index in [-0.39, 0.29) is 10.6 Å². The molecule has 6 heteroatoms. The highest BCUT2D eigenvalue weighted by Crippen LogP contribution is 2.21. The Balaban J connectivity index is 1.56. The van der Waals surface area contributed by atoms with Gasteiger partial charge in [0.2, 0.25) is 10.0 Å². The van der Waals surface area contributed by atoms with Crippen molar-refractivity contribution < 1.29 is 13.5 Å². The normalized spacial score (nSPS) is 17.0. The predicted octanol–water partition coefficient (Wildman–Crippen LogP) is 1.94. The second-order valence-corrected chi connectivity index (χ2v) is 7.92. The molecule has 1 N–H and O–H groups in total. The van der Waals surface area contributed by atoms with Gasteiger partial charge in [-0.25, -0.2) is 8.42 Å². The highest BCUT2D eigenvalue weighted by Gasteiger charge is 2.28.